The monoisotopic (exact) mass is 530 g/mol. The quantitative estimate of drug-likeness (QED) is 0.0459. The Morgan fingerprint density at radius 2 is 1.13 bits per heavy atom. The van der Waals surface area contributed by atoms with Crippen LogP contribution >= 0.6 is 0 Å². The Labute approximate surface area is 236 Å². The Hall–Kier alpha value is -1.09. The Morgan fingerprint density at radius 1 is 0.632 bits per heavy atom. The van der Waals surface area contributed by atoms with E-state index in [0.717, 1.165) is 18.4 Å². The van der Waals surface area contributed by atoms with Crippen molar-refractivity contribution >= 4 is 5.97 Å². The summed E-state index contributed by atoms with van der Waals surface area (Å²) >= 11 is 0. The molecule has 0 aromatic heterocycles. The van der Waals surface area contributed by atoms with Gasteiger partial charge in [-0.3, -0.25) is 0 Å². The minimum Gasteiger partial charge on any atom is -0.455 e. The Bertz CT molecular complexity index is 637. The predicted molar refractivity (Wildman–Crippen MR) is 163 cm³/mol. The average Bonchev–Trinajstić information content (AvgIpc) is 3.58. The summed E-state index contributed by atoms with van der Waals surface area (Å²) in [7, 11) is 0. The van der Waals surface area contributed by atoms with Crippen LogP contribution in [0.15, 0.2) is 23.8 Å². The number of unbranched alkanes of at least 4 members (excludes halogenated alkanes) is 19. The fraction of sp³-hybridized carbons (Fsp3) is 0.857. The van der Waals surface area contributed by atoms with Crippen molar-refractivity contribution in [2.24, 2.45) is 0 Å². The molecule has 0 amide bonds. The van der Waals surface area contributed by atoms with E-state index in [9.17, 15) is 4.79 Å². The first-order valence-corrected chi connectivity index (χ1v) is 16.9. The van der Waals surface area contributed by atoms with Crippen molar-refractivity contribution in [2.75, 3.05) is 0 Å². The third kappa shape index (κ3) is 17.5. The average molecular weight is 531 g/mol. The second-order valence-electron chi connectivity index (χ2n) is 12.1. The summed E-state index contributed by atoms with van der Waals surface area (Å²) in [6, 6.07) is 0. The van der Waals surface area contributed by atoms with E-state index in [4.69, 9.17) is 9.47 Å². The molecule has 0 bridgehead atoms. The number of esters is 1. The maximum atomic E-state index is 11.6. The molecule has 2 rings (SSSR count). The van der Waals surface area contributed by atoms with Crippen molar-refractivity contribution < 1.29 is 14.3 Å². The van der Waals surface area contributed by atoms with Gasteiger partial charge in [0, 0.05) is 5.57 Å². The fourth-order valence-electron chi connectivity index (χ4n) is 5.82. The highest BCUT2D eigenvalue weighted by atomic mass is 16.6. The lowest BCUT2D eigenvalue weighted by molar-refractivity contribution is -0.139. The van der Waals surface area contributed by atoms with Gasteiger partial charge in [0.2, 0.25) is 0 Å². The van der Waals surface area contributed by atoms with Crippen LogP contribution in [0.2, 0.25) is 0 Å². The van der Waals surface area contributed by atoms with Gasteiger partial charge in [-0.2, -0.15) is 0 Å². The molecule has 0 saturated carbocycles. The van der Waals surface area contributed by atoms with Gasteiger partial charge in [0.25, 0.3) is 0 Å². The van der Waals surface area contributed by atoms with Gasteiger partial charge in [0.05, 0.1) is 12.2 Å². The summed E-state index contributed by atoms with van der Waals surface area (Å²) in [5.41, 5.74) is 0.896. The first-order chi connectivity index (χ1) is 18.7. The van der Waals surface area contributed by atoms with E-state index in [1.807, 2.05) is 13.0 Å². The summed E-state index contributed by atoms with van der Waals surface area (Å²) in [5, 5.41) is 0. The molecule has 3 heteroatoms. The van der Waals surface area contributed by atoms with Crippen LogP contribution in [0.1, 0.15) is 174 Å². The van der Waals surface area contributed by atoms with E-state index in [1.54, 1.807) is 0 Å². The van der Waals surface area contributed by atoms with Crippen LogP contribution in [-0.2, 0) is 14.3 Å². The molecular weight excluding hydrogens is 468 g/mol. The standard InChI is InChI=1S/C35H62O3/c1-3-4-5-6-7-8-16-19-22-25-28-33-34(38-33)29-26-23-20-17-14-12-10-9-11-13-15-18-21-24-27-32-30-31(2)37-35(32)36/h20,23,30-31,33-34H,3-19,21-22,24-29H2,1-2H3/b23-20-. The van der Waals surface area contributed by atoms with Crippen LogP contribution in [0, 0.1) is 0 Å². The van der Waals surface area contributed by atoms with Crippen LogP contribution in [0.4, 0.5) is 0 Å². The molecular formula is C35H62O3. The Morgan fingerprint density at radius 3 is 1.71 bits per heavy atom. The summed E-state index contributed by atoms with van der Waals surface area (Å²) in [6.45, 7) is 4.22. The van der Waals surface area contributed by atoms with Gasteiger partial charge in [-0.1, -0.05) is 135 Å². The van der Waals surface area contributed by atoms with Crippen LogP contribution in [0.25, 0.3) is 0 Å². The highest BCUT2D eigenvalue weighted by Crippen LogP contribution is 2.31. The summed E-state index contributed by atoms with van der Waals surface area (Å²) in [6.07, 6.45) is 41.2. The normalized spacial score (nSPS) is 20.8. The van der Waals surface area contributed by atoms with Crippen LogP contribution in [0.3, 0.4) is 0 Å². The SMILES string of the molecule is CCCCCCCCCCCCC1OC1CC/C=C\CCCCCCCCCCCCC1=CC(C)OC1=O. The van der Waals surface area contributed by atoms with Crippen LogP contribution < -0.4 is 0 Å². The molecule has 2 aliphatic heterocycles. The summed E-state index contributed by atoms with van der Waals surface area (Å²) in [4.78, 5) is 11.6. The number of carbonyl (C=O) groups is 1. The highest BCUT2D eigenvalue weighted by Gasteiger charge is 2.36. The Kier molecular flexibility index (Phi) is 19.8. The molecule has 0 aliphatic carbocycles. The Balaban J connectivity index is 1.23. The van der Waals surface area contributed by atoms with Crippen molar-refractivity contribution in [1.82, 2.24) is 0 Å². The molecule has 3 unspecified atom stereocenters. The molecule has 3 atom stereocenters. The molecule has 3 nitrogen and oxygen atoms in total. The number of epoxide rings is 1. The number of hydrogen-bond donors (Lipinski definition) is 0. The largest absolute Gasteiger partial charge is 0.455 e. The van der Waals surface area contributed by atoms with Gasteiger partial charge < -0.3 is 9.47 Å². The first-order valence-electron chi connectivity index (χ1n) is 16.9. The van der Waals surface area contributed by atoms with Crippen molar-refractivity contribution in [3.8, 4) is 0 Å². The van der Waals surface area contributed by atoms with E-state index < -0.39 is 0 Å². The van der Waals surface area contributed by atoms with E-state index in [1.165, 1.54) is 148 Å². The number of allylic oxidation sites excluding steroid dienone is 2. The van der Waals surface area contributed by atoms with Gasteiger partial charge in [-0.15, -0.1) is 0 Å². The van der Waals surface area contributed by atoms with Gasteiger partial charge in [0.15, 0.2) is 0 Å². The fourth-order valence-corrected chi connectivity index (χ4v) is 5.82. The first kappa shape index (κ1) is 33.1. The molecule has 0 aromatic carbocycles. The number of rotatable bonds is 27. The van der Waals surface area contributed by atoms with Crippen LogP contribution in [-0.4, -0.2) is 24.3 Å². The minimum atomic E-state index is -0.0935. The zero-order valence-electron chi connectivity index (χ0n) is 25.4. The molecule has 38 heavy (non-hydrogen) atoms. The number of cyclic esters (lactones) is 1. The van der Waals surface area contributed by atoms with Crippen molar-refractivity contribution in [3.63, 3.8) is 0 Å². The van der Waals surface area contributed by atoms with Crippen molar-refractivity contribution in [1.29, 1.82) is 0 Å². The van der Waals surface area contributed by atoms with E-state index in [-0.39, 0.29) is 12.1 Å². The van der Waals surface area contributed by atoms with E-state index >= 15 is 0 Å². The molecule has 0 aromatic rings. The third-order valence-corrected chi connectivity index (χ3v) is 8.37. The van der Waals surface area contributed by atoms with E-state index in [2.05, 4.69) is 19.1 Å². The van der Waals surface area contributed by atoms with Crippen molar-refractivity contribution in [3.05, 3.63) is 23.8 Å². The molecule has 1 saturated heterocycles. The summed E-state index contributed by atoms with van der Waals surface area (Å²) in [5.74, 6) is -0.0935. The zero-order chi connectivity index (χ0) is 27.1. The van der Waals surface area contributed by atoms with Gasteiger partial charge in [-0.05, 0) is 57.9 Å². The highest BCUT2D eigenvalue weighted by molar-refractivity contribution is 5.90. The smallest absolute Gasteiger partial charge is 0.334 e. The molecule has 220 valence electrons. The zero-order valence-corrected chi connectivity index (χ0v) is 25.4. The second kappa shape index (κ2) is 22.7. The number of ether oxygens (including phenoxy) is 2. The second-order valence-corrected chi connectivity index (χ2v) is 12.1. The summed E-state index contributed by atoms with van der Waals surface area (Å²) < 4.78 is 11.0. The lowest BCUT2D eigenvalue weighted by Crippen LogP contribution is -2.03. The lowest BCUT2D eigenvalue weighted by Gasteiger charge is -2.03. The van der Waals surface area contributed by atoms with Gasteiger partial charge >= 0.3 is 5.97 Å². The van der Waals surface area contributed by atoms with Gasteiger partial charge in [0.1, 0.15) is 6.10 Å². The molecule has 2 aliphatic rings. The number of carbonyl (C=O) groups excluding carboxylic acids is 1. The lowest BCUT2D eigenvalue weighted by atomic mass is 10.0. The molecule has 1 fully saturated rings. The van der Waals surface area contributed by atoms with E-state index in [0.29, 0.717) is 12.2 Å². The van der Waals surface area contributed by atoms with Crippen molar-refractivity contribution in [2.45, 2.75) is 193 Å². The maximum Gasteiger partial charge on any atom is 0.334 e. The molecule has 2 heterocycles. The third-order valence-electron chi connectivity index (χ3n) is 8.37. The molecule has 0 spiro atoms. The molecule has 0 radical (unpaired) electrons. The van der Waals surface area contributed by atoms with Crippen LogP contribution in [0.5, 0.6) is 0 Å². The topological polar surface area (TPSA) is 38.8 Å². The molecule has 0 N–H and O–H groups in total. The number of hydrogen-bond acceptors (Lipinski definition) is 3. The minimum absolute atomic E-state index is 0.0205. The van der Waals surface area contributed by atoms with Gasteiger partial charge in [-0.25, -0.2) is 4.79 Å². The maximum absolute atomic E-state index is 11.6. The predicted octanol–water partition coefficient (Wildman–Crippen LogP) is 11.0.